The molecule has 0 fully saturated rings. The Morgan fingerprint density at radius 3 is 2.84 bits per heavy atom. The van der Waals surface area contributed by atoms with Crippen LogP contribution in [0.25, 0.3) is 11.0 Å². The molecule has 1 aromatic carbocycles. The Bertz CT molecular complexity index is 579. The van der Waals surface area contributed by atoms with Crippen molar-refractivity contribution in [1.82, 2.24) is 14.9 Å². The van der Waals surface area contributed by atoms with E-state index in [1.54, 1.807) is 6.26 Å². The van der Waals surface area contributed by atoms with E-state index < -0.39 is 10.8 Å². The standard InChI is InChI=1S/C14H21N3OS/c1-11(19(3)18)8-9-15-10-14-16-12-6-4-5-7-13(12)17(14)2/h4-7,11,15H,8-10H2,1-3H3. The van der Waals surface area contributed by atoms with Crippen LogP contribution in [-0.4, -0.2) is 31.8 Å². The predicted molar refractivity (Wildman–Crippen MR) is 80.6 cm³/mol. The zero-order chi connectivity index (χ0) is 13.8. The highest BCUT2D eigenvalue weighted by Gasteiger charge is 2.08. The highest BCUT2D eigenvalue weighted by molar-refractivity contribution is 7.84. The number of hydrogen-bond acceptors (Lipinski definition) is 3. The summed E-state index contributed by atoms with van der Waals surface area (Å²) in [6, 6.07) is 8.14. The SMILES string of the molecule is CC(CCNCc1nc2ccccc2n1C)S(C)=O. The van der Waals surface area contributed by atoms with Crippen molar-refractivity contribution < 1.29 is 4.21 Å². The van der Waals surface area contributed by atoms with Gasteiger partial charge in [-0.1, -0.05) is 19.1 Å². The van der Waals surface area contributed by atoms with Crippen LogP contribution < -0.4 is 5.32 Å². The van der Waals surface area contributed by atoms with Crippen LogP contribution >= 0.6 is 0 Å². The molecule has 1 heterocycles. The van der Waals surface area contributed by atoms with Crippen molar-refractivity contribution in [2.45, 2.75) is 25.1 Å². The maximum absolute atomic E-state index is 11.2. The fourth-order valence-electron chi connectivity index (χ4n) is 2.03. The van der Waals surface area contributed by atoms with Gasteiger partial charge >= 0.3 is 0 Å². The van der Waals surface area contributed by atoms with E-state index in [1.807, 2.05) is 32.2 Å². The number of rotatable bonds is 6. The summed E-state index contributed by atoms with van der Waals surface area (Å²) in [7, 11) is 1.30. The molecule has 2 rings (SSSR count). The molecule has 5 heteroatoms. The van der Waals surface area contributed by atoms with Crippen LogP contribution in [0, 0.1) is 0 Å². The monoisotopic (exact) mass is 279 g/mol. The number of imidazole rings is 1. The molecule has 1 N–H and O–H groups in total. The van der Waals surface area contributed by atoms with Crippen molar-refractivity contribution in [3.63, 3.8) is 0 Å². The summed E-state index contributed by atoms with van der Waals surface area (Å²) >= 11 is 0. The molecule has 0 amide bonds. The summed E-state index contributed by atoms with van der Waals surface area (Å²) in [4.78, 5) is 4.60. The van der Waals surface area contributed by atoms with Crippen molar-refractivity contribution in [2.24, 2.45) is 7.05 Å². The zero-order valence-electron chi connectivity index (χ0n) is 11.7. The van der Waals surface area contributed by atoms with Crippen LogP contribution in [0.5, 0.6) is 0 Å². The molecule has 2 atom stereocenters. The average Bonchev–Trinajstić information content (AvgIpc) is 2.72. The van der Waals surface area contributed by atoms with Crippen molar-refractivity contribution in [2.75, 3.05) is 12.8 Å². The minimum absolute atomic E-state index is 0.243. The predicted octanol–water partition coefficient (Wildman–Crippen LogP) is 1.82. The minimum atomic E-state index is -0.736. The van der Waals surface area contributed by atoms with Crippen molar-refractivity contribution in [3.05, 3.63) is 30.1 Å². The van der Waals surface area contributed by atoms with Crippen molar-refractivity contribution in [1.29, 1.82) is 0 Å². The van der Waals surface area contributed by atoms with Gasteiger partial charge in [-0.05, 0) is 25.1 Å². The first-order chi connectivity index (χ1) is 9.09. The second-order valence-corrected chi connectivity index (χ2v) is 6.65. The maximum Gasteiger partial charge on any atom is 0.123 e. The number of aryl methyl sites for hydroxylation is 1. The Hall–Kier alpha value is -1.20. The number of fused-ring (bicyclic) bond motifs is 1. The molecule has 0 saturated heterocycles. The zero-order valence-corrected chi connectivity index (χ0v) is 12.5. The third-order valence-corrected chi connectivity index (χ3v) is 4.83. The first-order valence-electron chi connectivity index (χ1n) is 6.53. The topological polar surface area (TPSA) is 46.9 Å². The van der Waals surface area contributed by atoms with Gasteiger partial charge in [0.1, 0.15) is 5.82 Å². The molecule has 104 valence electrons. The number of nitrogens with zero attached hydrogens (tertiary/aromatic N) is 2. The van der Waals surface area contributed by atoms with Gasteiger partial charge in [0.2, 0.25) is 0 Å². The molecule has 0 saturated carbocycles. The van der Waals surface area contributed by atoms with Crippen LogP contribution in [0.3, 0.4) is 0 Å². The first kappa shape index (κ1) is 14.2. The van der Waals surface area contributed by atoms with Gasteiger partial charge in [0, 0.05) is 29.4 Å². The number of para-hydroxylation sites is 2. The molecule has 0 aliphatic carbocycles. The van der Waals surface area contributed by atoms with E-state index in [0.717, 1.165) is 36.4 Å². The maximum atomic E-state index is 11.2. The number of benzene rings is 1. The van der Waals surface area contributed by atoms with E-state index in [2.05, 4.69) is 20.9 Å². The molecule has 0 radical (unpaired) electrons. The second kappa shape index (κ2) is 6.30. The van der Waals surface area contributed by atoms with E-state index in [-0.39, 0.29) is 5.25 Å². The van der Waals surface area contributed by atoms with Gasteiger partial charge in [0.25, 0.3) is 0 Å². The number of aromatic nitrogens is 2. The van der Waals surface area contributed by atoms with E-state index >= 15 is 0 Å². The van der Waals surface area contributed by atoms with Crippen LogP contribution in [0.2, 0.25) is 0 Å². The quantitative estimate of drug-likeness (QED) is 0.821. The summed E-state index contributed by atoms with van der Waals surface area (Å²) < 4.78 is 13.4. The largest absolute Gasteiger partial charge is 0.330 e. The Balaban J connectivity index is 1.91. The van der Waals surface area contributed by atoms with Gasteiger partial charge in [0.05, 0.1) is 17.6 Å². The average molecular weight is 279 g/mol. The Kier molecular flexibility index (Phi) is 4.71. The molecular weight excluding hydrogens is 258 g/mol. The van der Waals surface area contributed by atoms with Gasteiger partial charge < -0.3 is 9.88 Å². The van der Waals surface area contributed by atoms with E-state index in [1.165, 1.54) is 0 Å². The molecule has 0 aliphatic heterocycles. The first-order valence-corrected chi connectivity index (χ1v) is 8.15. The summed E-state index contributed by atoms with van der Waals surface area (Å²) in [5.74, 6) is 1.03. The Morgan fingerprint density at radius 2 is 2.16 bits per heavy atom. The van der Waals surface area contributed by atoms with Gasteiger partial charge in [-0.15, -0.1) is 0 Å². The summed E-state index contributed by atoms with van der Waals surface area (Å²) in [5.41, 5.74) is 2.19. The Labute approximate surface area is 116 Å². The fourth-order valence-corrected chi connectivity index (χ4v) is 2.47. The summed E-state index contributed by atoms with van der Waals surface area (Å²) in [5, 5.41) is 3.61. The molecule has 0 spiro atoms. The molecule has 0 bridgehead atoms. The highest BCUT2D eigenvalue weighted by Crippen LogP contribution is 2.13. The lowest BCUT2D eigenvalue weighted by Crippen LogP contribution is -2.22. The van der Waals surface area contributed by atoms with Gasteiger partial charge in [0.15, 0.2) is 0 Å². The van der Waals surface area contributed by atoms with Crippen LogP contribution in [0.4, 0.5) is 0 Å². The molecule has 2 unspecified atom stereocenters. The Morgan fingerprint density at radius 1 is 1.42 bits per heavy atom. The van der Waals surface area contributed by atoms with Crippen LogP contribution in [0.15, 0.2) is 24.3 Å². The van der Waals surface area contributed by atoms with Gasteiger partial charge in [-0.2, -0.15) is 0 Å². The fraction of sp³-hybridized carbons (Fsp3) is 0.500. The van der Waals surface area contributed by atoms with Gasteiger partial charge in [-0.3, -0.25) is 4.21 Å². The smallest absolute Gasteiger partial charge is 0.123 e. The summed E-state index contributed by atoms with van der Waals surface area (Å²) in [6.07, 6.45) is 2.68. The lowest BCUT2D eigenvalue weighted by Gasteiger charge is -2.09. The van der Waals surface area contributed by atoms with E-state index in [9.17, 15) is 4.21 Å². The highest BCUT2D eigenvalue weighted by atomic mass is 32.2. The molecule has 2 aromatic rings. The van der Waals surface area contributed by atoms with E-state index in [4.69, 9.17) is 0 Å². The molecule has 0 aliphatic rings. The van der Waals surface area contributed by atoms with Gasteiger partial charge in [-0.25, -0.2) is 4.98 Å². The number of hydrogen-bond donors (Lipinski definition) is 1. The van der Waals surface area contributed by atoms with E-state index in [0.29, 0.717) is 0 Å². The van der Waals surface area contributed by atoms with Crippen molar-refractivity contribution in [3.8, 4) is 0 Å². The second-order valence-electron chi connectivity index (χ2n) is 4.85. The van der Waals surface area contributed by atoms with Crippen molar-refractivity contribution >= 4 is 21.8 Å². The number of nitrogens with one attached hydrogen (secondary N) is 1. The molecule has 1 aromatic heterocycles. The lowest BCUT2D eigenvalue weighted by atomic mass is 10.3. The third-order valence-electron chi connectivity index (χ3n) is 3.46. The third kappa shape index (κ3) is 3.42. The molecular formula is C14H21N3OS. The molecule has 19 heavy (non-hydrogen) atoms. The lowest BCUT2D eigenvalue weighted by molar-refractivity contribution is 0.606. The molecule has 4 nitrogen and oxygen atoms in total. The summed E-state index contributed by atoms with van der Waals surface area (Å²) in [6.45, 7) is 3.63. The van der Waals surface area contributed by atoms with Crippen LogP contribution in [-0.2, 0) is 24.4 Å². The minimum Gasteiger partial charge on any atom is -0.330 e. The van der Waals surface area contributed by atoms with Crippen LogP contribution in [0.1, 0.15) is 19.2 Å². The normalized spacial score (nSPS) is 14.7.